The van der Waals surface area contributed by atoms with Crippen molar-refractivity contribution in [2.75, 3.05) is 19.8 Å². The fourth-order valence-corrected chi connectivity index (χ4v) is 2.95. The van der Waals surface area contributed by atoms with E-state index in [2.05, 4.69) is 20.4 Å². The normalized spacial score (nSPS) is 14.7. The molecule has 0 amide bonds. The average Bonchev–Trinajstić information content (AvgIpc) is 2.59. The number of carbonyl (C=O) groups is 2. The standard InChI is InChI=1S/C24H44BNO5/c1-9-19(27)29-16-14-23(6,7)30-18-15-24(8,26)31-17-13-21(2,3)11-10-12-22(4,5)20(25)28/h9H,1,10-18,26H2,2-8H3. The molecule has 0 aromatic heterocycles. The number of rotatable bonds is 17. The maximum Gasteiger partial charge on any atom is 0.330 e. The molecule has 0 fully saturated rings. The summed E-state index contributed by atoms with van der Waals surface area (Å²) in [5.41, 5.74) is 4.44. The maximum atomic E-state index is 11.5. The molecule has 2 N–H and O–H groups in total. The lowest BCUT2D eigenvalue weighted by Crippen LogP contribution is -2.42. The van der Waals surface area contributed by atoms with Gasteiger partial charge in [-0.05, 0) is 45.4 Å². The maximum absolute atomic E-state index is 11.5. The molecular weight excluding hydrogens is 393 g/mol. The van der Waals surface area contributed by atoms with Crippen molar-refractivity contribution in [1.82, 2.24) is 0 Å². The molecular formula is C24H44BNO5. The van der Waals surface area contributed by atoms with Crippen LogP contribution in [-0.2, 0) is 23.8 Å². The minimum atomic E-state index is -0.782. The van der Waals surface area contributed by atoms with E-state index in [1.807, 2.05) is 34.6 Å². The first-order valence-corrected chi connectivity index (χ1v) is 11.2. The van der Waals surface area contributed by atoms with Crippen molar-refractivity contribution in [3.05, 3.63) is 12.7 Å². The lowest BCUT2D eigenvalue weighted by atomic mass is 9.73. The summed E-state index contributed by atoms with van der Waals surface area (Å²) in [6.07, 6.45) is 5.86. The van der Waals surface area contributed by atoms with Gasteiger partial charge in [-0.15, -0.1) is 0 Å². The van der Waals surface area contributed by atoms with Crippen molar-refractivity contribution in [2.45, 2.75) is 98.3 Å². The highest BCUT2D eigenvalue weighted by molar-refractivity contribution is 6.58. The predicted molar refractivity (Wildman–Crippen MR) is 126 cm³/mol. The van der Waals surface area contributed by atoms with Gasteiger partial charge in [-0.1, -0.05) is 40.7 Å². The van der Waals surface area contributed by atoms with Gasteiger partial charge in [0.1, 0.15) is 5.72 Å². The Kier molecular flexibility index (Phi) is 12.3. The molecule has 0 aliphatic rings. The summed E-state index contributed by atoms with van der Waals surface area (Å²) >= 11 is 0. The number of carbonyl (C=O) groups excluding carboxylic acids is 2. The second-order valence-electron chi connectivity index (χ2n) is 10.7. The zero-order valence-corrected chi connectivity index (χ0v) is 20.8. The van der Waals surface area contributed by atoms with Gasteiger partial charge in [-0.2, -0.15) is 0 Å². The van der Waals surface area contributed by atoms with E-state index in [0.717, 1.165) is 31.8 Å². The Bertz CT molecular complexity index is 585. The van der Waals surface area contributed by atoms with Crippen LogP contribution in [0.1, 0.15) is 87.0 Å². The van der Waals surface area contributed by atoms with Crippen LogP contribution in [0.2, 0.25) is 0 Å². The SMILES string of the molecule is [B]C(=O)C(C)(C)CCCC(C)(C)CCOC(C)(N)CCOC(C)(C)CCOC(=O)C=C. The molecule has 6 nitrogen and oxygen atoms in total. The molecule has 0 heterocycles. The Morgan fingerprint density at radius 2 is 1.45 bits per heavy atom. The van der Waals surface area contributed by atoms with Crippen LogP contribution in [0.15, 0.2) is 12.7 Å². The van der Waals surface area contributed by atoms with Crippen LogP contribution < -0.4 is 5.73 Å². The molecule has 0 bridgehead atoms. The molecule has 7 heteroatoms. The van der Waals surface area contributed by atoms with E-state index >= 15 is 0 Å². The Balaban J connectivity index is 4.21. The van der Waals surface area contributed by atoms with Crippen LogP contribution in [0.3, 0.4) is 0 Å². The largest absolute Gasteiger partial charge is 0.462 e. The molecule has 31 heavy (non-hydrogen) atoms. The monoisotopic (exact) mass is 437 g/mol. The summed E-state index contributed by atoms with van der Waals surface area (Å²) in [5.74, 6) is -0.432. The van der Waals surface area contributed by atoms with E-state index in [1.54, 1.807) is 0 Å². The van der Waals surface area contributed by atoms with Crippen molar-refractivity contribution >= 4 is 19.5 Å². The third kappa shape index (κ3) is 14.5. The summed E-state index contributed by atoms with van der Waals surface area (Å²) in [5, 5.41) is 0. The fraction of sp³-hybridized carbons (Fsp3) is 0.833. The van der Waals surface area contributed by atoms with Crippen molar-refractivity contribution in [1.29, 1.82) is 0 Å². The Hall–Kier alpha value is -1.18. The third-order valence-electron chi connectivity index (χ3n) is 5.74. The predicted octanol–water partition coefficient (Wildman–Crippen LogP) is 4.29. The smallest absolute Gasteiger partial charge is 0.330 e. The van der Waals surface area contributed by atoms with E-state index < -0.39 is 22.7 Å². The first-order valence-electron chi connectivity index (χ1n) is 11.2. The van der Waals surface area contributed by atoms with E-state index in [-0.39, 0.29) is 17.7 Å². The highest BCUT2D eigenvalue weighted by Gasteiger charge is 2.27. The third-order valence-corrected chi connectivity index (χ3v) is 5.74. The van der Waals surface area contributed by atoms with Crippen molar-refractivity contribution in [3.63, 3.8) is 0 Å². The lowest BCUT2D eigenvalue weighted by molar-refractivity contribution is -0.140. The van der Waals surface area contributed by atoms with Gasteiger partial charge in [0.25, 0.3) is 0 Å². The van der Waals surface area contributed by atoms with Crippen LogP contribution in [0.4, 0.5) is 0 Å². The van der Waals surface area contributed by atoms with Crippen LogP contribution in [-0.4, -0.2) is 50.6 Å². The van der Waals surface area contributed by atoms with Gasteiger partial charge in [0.15, 0.2) is 7.85 Å². The van der Waals surface area contributed by atoms with Gasteiger partial charge in [-0.3, -0.25) is 0 Å². The quantitative estimate of drug-likeness (QED) is 0.158. The van der Waals surface area contributed by atoms with Crippen LogP contribution in [0.25, 0.3) is 0 Å². The second kappa shape index (κ2) is 12.8. The molecule has 1 atom stereocenters. The molecule has 2 radical (unpaired) electrons. The molecule has 0 saturated carbocycles. The van der Waals surface area contributed by atoms with Crippen molar-refractivity contribution in [2.24, 2.45) is 16.6 Å². The lowest BCUT2D eigenvalue weighted by Gasteiger charge is -2.31. The van der Waals surface area contributed by atoms with E-state index in [4.69, 9.17) is 27.8 Å². The van der Waals surface area contributed by atoms with Crippen molar-refractivity contribution in [3.8, 4) is 0 Å². The van der Waals surface area contributed by atoms with Gasteiger partial charge >= 0.3 is 5.97 Å². The summed E-state index contributed by atoms with van der Waals surface area (Å²) < 4.78 is 16.9. The molecule has 0 aliphatic carbocycles. The fourth-order valence-electron chi connectivity index (χ4n) is 2.95. The molecule has 1 unspecified atom stereocenters. The first kappa shape index (κ1) is 29.8. The topological polar surface area (TPSA) is 87.8 Å². The number of hydrogen-bond donors (Lipinski definition) is 1. The number of ether oxygens (including phenoxy) is 3. The molecule has 0 spiro atoms. The Morgan fingerprint density at radius 1 is 0.871 bits per heavy atom. The minimum Gasteiger partial charge on any atom is -0.462 e. The van der Waals surface area contributed by atoms with Gasteiger partial charge in [-0.25, -0.2) is 4.79 Å². The van der Waals surface area contributed by atoms with E-state index in [9.17, 15) is 9.59 Å². The summed E-state index contributed by atoms with van der Waals surface area (Å²) in [7, 11) is 5.45. The van der Waals surface area contributed by atoms with E-state index in [1.165, 1.54) is 0 Å². The highest BCUT2D eigenvalue weighted by atomic mass is 16.5. The van der Waals surface area contributed by atoms with Crippen LogP contribution >= 0.6 is 0 Å². The van der Waals surface area contributed by atoms with Crippen LogP contribution in [0.5, 0.6) is 0 Å². The number of hydrogen-bond acceptors (Lipinski definition) is 6. The Labute approximate surface area is 191 Å². The van der Waals surface area contributed by atoms with Crippen molar-refractivity contribution < 1.29 is 23.8 Å². The second-order valence-corrected chi connectivity index (χ2v) is 10.7. The molecule has 0 rings (SSSR count). The summed E-state index contributed by atoms with van der Waals surface area (Å²) in [6, 6.07) is 0. The first-order chi connectivity index (χ1) is 14.0. The van der Waals surface area contributed by atoms with Crippen LogP contribution in [0, 0.1) is 10.8 Å². The zero-order chi connectivity index (χ0) is 24.3. The molecule has 0 aliphatic heterocycles. The van der Waals surface area contributed by atoms with Gasteiger partial charge in [0.05, 0.1) is 24.5 Å². The molecule has 0 saturated heterocycles. The van der Waals surface area contributed by atoms with Gasteiger partial charge < -0.3 is 24.7 Å². The Morgan fingerprint density at radius 3 is 2.00 bits per heavy atom. The van der Waals surface area contributed by atoms with E-state index in [0.29, 0.717) is 26.1 Å². The minimum absolute atomic E-state index is 0.0885. The summed E-state index contributed by atoms with van der Waals surface area (Å²) in [6.45, 7) is 18.6. The number of esters is 1. The average molecular weight is 437 g/mol. The highest BCUT2D eigenvalue weighted by Crippen LogP contribution is 2.32. The molecule has 178 valence electrons. The zero-order valence-electron chi connectivity index (χ0n) is 20.8. The molecule has 0 aromatic rings. The summed E-state index contributed by atoms with van der Waals surface area (Å²) in [4.78, 5) is 22.6. The molecule has 0 aromatic carbocycles. The number of nitrogens with two attached hydrogens (primary N) is 1. The van der Waals surface area contributed by atoms with Gasteiger partial charge in [0.2, 0.25) is 0 Å². The van der Waals surface area contributed by atoms with Gasteiger partial charge in [0, 0.05) is 30.9 Å².